The Morgan fingerprint density at radius 1 is 1.05 bits per heavy atom. The van der Waals surface area contributed by atoms with E-state index in [-0.39, 0.29) is 25.9 Å². The highest BCUT2D eigenvalue weighted by atomic mass is 32.2. The molecule has 1 amide bonds. The van der Waals surface area contributed by atoms with Crippen LogP contribution in [0.1, 0.15) is 44.1 Å². The van der Waals surface area contributed by atoms with Gasteiger partial charge in [0.05, 0.1) is 13.2 Å². The first-order chi connectivity index (χ1) is 17.8. The minimum Gasteiger partial charge on any atom is -0.494 e. The van der Waals surface area contributed by atoms with Crippen LogP contribution in [0, 0.1) is 6.92 Å². The van der Waals surface area contributed by atoms with Crippen molar-refractivity contribution in [3.05, 3.63) is 47.9 Å². The predicted molar refractivity (Wildman–Crippen MR) is 140 cm³/mol. The number of piperidine rings is 1. The second-order valence-corrected chi connectivity index (χ2v) is 12.1. The zero-order valence-corrected chi connectivity index (χ0v) is 22.5. The van der Waals surface area contributed by atoms with Crippen molar-refractivity contribution in [2.24, 2.45) is 0 Å². The molecule has 2 saturated heterocycles. The number of hydrogen-bond acceptors (Lipinski definition) is 8. The van der Waals surface area contributed by atoms with Crippen LogP contribution in [0.15, 0.2) is 40.8 Å². The van der Waals surface area contributed by atoms with Gasteiger partial charge in [0.25, 0.3) is 5.91 Å². The molecule has 4 rings (SSSR count). The third-order valence-electron chi connectivity index (χ3n) is 7.40. The summed E-state index contributed by atoms with van der Waals surface area (Å²) in [6.45, 7) is 7.60. The van der Waals surface area contributed by atoms with E-state index in [0.29, 0.717) is 39.3 Å². The molecule has 0 atom stereocenters. The minimum absolute atomic E-state index is 0.0983. The van der Waals surface area contributed by atoms with Gasteiger partial charge in [-0.1, -0.05) is 13.3 Å². The Hall–Kier alpha value is -2.60. The molecule has 204 valence electrons. The fourth-order valence-electron chi connectivity index (χ4n) is 5.09. The van der Waals surface area contributed by atoms with E-state index in [4.69, 9.17) is 9.15 Å². The van der Waals surface area contributed by atoms with Gasteiger partial charge in [0.1, 0.15) is 17.3 Å². The molecule has 1 aromatic heterocycles. The summed E-state index contributed by atoms with van der Waals surface area (Å²) in [5.41, 5.74) is 2.65. The second kappa shape index (κ2) is 11.8. The van der Waals surface area contributed by atoms with Crippen molar-refractivity contribution in [1.29, 1.82) is 0 Å². The van der Waals surface area contributed by atoms with Gasteiger partial charge in [0, 0.05) is 45.0 Å². The van der Waals surface area contributed by atoms with Crippen LogP contribution in [0.4, 0.5) is 5.69 Å². The van der Waals surface area contributed by atoms with E-state index in [9.17, 15) is 18.4 Å². The molecule has 0 aliphatic carbocycles. The maximum Gasteiger partial charge on any atom is 0.266 e. The van der Waals surface area contributed by atoms with Crippen molar-refractivity contribution >= 4 is 21.6 Å². The first kappa shape index (κ1) is 27.4. The number of anilines is 1. The Bertz CT molecular complexity index is 1130. The summed E-state index contributed by atoms with van der Waals surface area (Å²) < 4.78 is 38.7. The standard InChI is InChI=1S/C26H38N4O6S/c1-3-4-19-35-23-9-6-22(7-10-23)29-15-17-30(18-16-29)37(33,34)26(25(31)27-32)11-13-28(14-12-26)20-24-8-5-21(2)36-24/h5-10,32H,3-4,11-20H2,1-2H3,(H,27,31). The summed E-state index contributed by atoms with van der Waals surface area (Å²) in [5, 5.41) is 9.47. The first-order valence-corrected chi connectivity index (χ1v) is 14.4. The van der Waals surface area contributed by atoms with Crippen LogP contribution in [-0.2, 0) is 21.4 Å². The van der Waals surface area contributed by atoms with Gasteiger partial charge in [-0.2, -0.15) is 4.31 Å². The number of likely N-dealkylation sites (tertiary alicyclic amines) is 1. The number of carbonyl (C=O) groups excluding carboxylic acids is 1. The molecule has 11 heteroatoms. The van der Waals surface area contributed by atoms with Gasteiger partial charge in [0.15, 0.2) is 4.75 Å². The molecular formula is C26H38N4O6S. The molecular weight excluding hydrogens is 496 g/mol. The molecule has 0 radical (unpaired) electrons. The number of ether oxygens (including phenoxy) is 1. The van der Waals surface area contributed by atoms with Crippen molar-refractivity contribution in [2.45, 2.75) is 50.8 Å². The van der Waals surface area contributed by atoms with Crippen LogP contribution >= 0.6 is 0 Å². The Kier molecular flexibility index (Phi) is 8.79. The SMILES string of the molecule is CCCCOc1ccc(N2CCN(S(=O)(=O)C3(C(=O)NO)CCN(Cc4ccc(C)o4)CC3)CC2)cc1. The van der Waals surface area contributed by atoms with E-state index in [1.54, 1.807) is 5.48 Å². The van der Waals surface area contributed by atoms with Crippen LogP contribution in [0.2, 0.25) is 0 Å². The zero-order chi connectivity index (χ0) is 26.5. The van der Waals surface area contributed by atoms with E-state index in [0.717, 1.165) is 35.8 Å². The van der Waals surface area contributed by atoms with Crippen LogP contribution in [0.3, 0.4) is 0 Å². The minimum atomic E-state index is -4.01. The smallest absolute Gasteiger partial charge is 0.266 e. The number of amides is 1. The summed E-state index contributed by atoms with van der Waals surface area (Å²) in [6, 6.07) is 11.6. The summed E-state index contributed by atoms with van der Waals surface area (Å²) in [6.07, 6.45) is 2.29. The molecule has 0 saturated carbocycles. The number of carbonyl (C=O) groups is 1. The summed E-state index contributed by atoms with van der Waals surface area (Å²) >= 11 is 0. The van der Waals surface area contributed by atoms with Crippen LogP contribution in [0.25, 0.3) is 0 Å². The first-order valence-electron chi connectivity index (χ1n) is 13.0. The lowest BCUT2D eigenvalue weighted by atomic mass is 9.95. The van der Waals surface area contributed by atoms with Gasteiger partial charge < -0.3 is 14.1 Å². The number of nitrogens with zero attached hydrogens (tertiary/aromatic N) is 3. The van der Waals surface area contributed by atoms with E-state index < -0.39 is 20.7 Å². The molecule has 2 aliphatic rings. The number of nitrogens with one attached hydrogen (secondary N) is 1. The van der Waals surface area contributed by atoms with Crippen LogP contribution in [-0.4, -0.2) is 79.4 Å². The molecule has 10 nitrogen and oxygen atoms in total. The third kappa shape index (κ3) is 5.95. The highest BCUT2D eigenvalue weighted by Gasteiger charge is 2.55. The van der Waals surface area contributed by atoms with E-state index in [2.05, 4.69) is 16.7 Å². The second-order valence-electron chi connectivity index (χ2n) is 9.81. The Morgan fingerprint density at radius 3 is 2.30 bits per heavy atom. The molecule has 0 spiro atoms. The number of rotatable bonds is 10. The normalized spacial score (nSPS) is 19.1. The average molecular weight is 535 g/mol. The molecule has 1 aromatic carbocycles. The van der Waals surface area contributed by atoms with Gasteiger partial charge in [-0.3, -0.25) is 14.9 Å². The van der Waals surface area contributed by atoms with Crippen LogP contribution in [0.5, 0.6) is 5.75 Å². The van der Waals surface area contributed by atoms with E-state index >= 15 is 0 Å². The number of furan rings is 1. The third-order valence-corrected chi connectivity index (χ3v) is 10.0. The summed E-state index contributed by atoms with van der Waals surface area (Å²) in [5.74, 6) is 1.58. The lowest BCUT2D eigenvalue weighted by Crippen LogP contribution is -2.63. The monoisotopic (exact) mass is 534 g/mol. The molecule has 0 unspecified atom stereocenters. The van der Waals surface area contributed by atoms with Crippen molar-refractivity contribution in [2.75, 3.05) is 50.8 Å². The topological polar surface area (TPSA) is 116 Å². The largest absolute Gasteiger partial charge is 0.494 e. The molecule has 2 N–H and O–H groups in total. The van der Waals surface area contributed by atoms with E-state index in [1.807, 2.05) is 43.3 Å². The fourth-order valence-corrected chi connectivity index (χ4v) is 7.20. The number of benzene rings is 1. The highest BCUT2D eigenvalue weighted by molar-refractivity contribution is 7.91. The predicted octanol–water partition coefficient (Wildman–Crippen LogP) is 2.76. The van der Waals surface area contributed by atoms with Crippen molar-refractivity contribution in [1.82, 2.24) is 14.7 Å². The molecule has 2 aliphatic heterocycles. The molecule has 3 heterocycles. The number of hydroxylamine groups is 1. The van der Waals surface area contributed by atoms with Gasteiger partial charge in [-0.05, 0) is 62.6 Å². The van der Waals surface area contributed by atoms with Gasteiger partial charge in [-0.15, -0.1) is 0 Å². The quantitative estimate of drug-likeness (QED) is 0.272. The Morgan fingerprint density at radius 2 is 1.73 bits per heavy atom. The maximum atomic E-state index is 13.8. The Balaban J connectivity index is 1.39. The molecule has 2 fully saturated rings. The van der Waals surface area contributed by atoms with E-state index in [1.165, 1.54) is 4.31 Å². The van der Waals surface area contributed by atoms with Gasteiger partial charge in [0.2, 0.25) is 10.0 Å². The Labute approximate surface area is 219 Å². The van der Waals surface area contributed by atoms with Crippen molar-refractivity contribution in [3.63, 3.8) is 0 Å². The average Bonchev–Trinajstić information content (AvgIpc) is 3.33. The number of hydrogen-bond donors (Lipinski definition) is 2. The summed E-state index contributed by atoms with van der Waals surface area (Å²) in [7, 11) is -4.01. The zero-order valence-electron chi connectivity index (χ0n) is 21.7. The van der Waals surface area contributed by atoms with Gasteiger partial charge >= 0.3 is 0 Å². The highest BCUT2D eigenvalue weighted by Crippen LogP contribution is 2.35. The molecule has 2 aromatic rings. The van der Waals surface area contributed by atoms with Crippen molar-refractivity contribution < 1.29 is 27.6 Å². The fraction of sp³-hybridized carbons (Fsp3) is 0.577. The number of piperazine rings is 1. The number of unbranched alkanes of at least 4 members (excludes halogenated alkanes) is 1. The number of sulfonamides is 1. The van der Waals surface area contributed by atoms with Gasteiger partial charge in [-0.25, -0.2) is 13.9 Å². The number of aryl methyl sites for hydroxylation is 1. The molecule has 37 heavy (non-hydrogen) atoms. The van der Waals surface area contributed by atoms with Crippen LogP contribution < -0.4 is 15.1 Å². The maximum absolute atomic E-state index is 13.8. The lowest BCUT2D eigenvalue weighted by Gasteiger charge is -2.44. The molecule has 0 bridgehead atoms. The lowest BCUT2D eigenvalue weighted by molar-refractivity contribution is -0.133. The van der Waals surface area contributed by atoms with Crippen molar-refractivity contribution in [3.8, 4) is 5.75 Å². The summed E-state index contributed by atoms with van der Waals surface area (Å²) in [4.78, 5) is 17.0.